The number of hydrogen-bond acceptors (Lipinski definition) is 2. The Kier molecular flexibility index (Phi) is 1.91. The van der Waals surface area contributed by atoms with Crippen LogP contribution in [0.4, 0.5) is 4.39 Å². The van der Waals surface area contributed by atoms with E-state index in [1.54, 1.807) is 6.07 Å². The van der Waals surface area contributed by atoms with Crippen molar-refractivity contribution < 1.29 is 19.4 Å². The molecule has 0 radical (unpaired) electrons. The van der Waals surface area contributed by atoms with Crippen LogP contribution in [-0.2, 0) is 4.79 Å². The normalized spacial score (nSPS) is 24.6. The highest BCUT2D eigenvalue weighted by Crippen LogP contribution is 2.47. The molecule has 1 aliphatic carbocycles. The Morgan fingerprint density at radius 1 is 1.50 bits per heavy atom. The second-order valence-electron chi connectivity index (χ2n) is 3.50. The summed E-state index contributed by atoms with van der Waals surface area (Å²) >= 11 is 0. The van der Waals surface area contributed by atoms with E-state index in [-0.39, 0.29) is 11.8 Å². The highest BCUT2D eigenvalue weighted by Gasteiger charge is 2.44. The Bertz CT molecular complexity index is 389. The fourth-order valence-electron chi connectivity index (χ4n) is 1.59. The molecular weight excluding hydrogens is 187 g/mol. The molecule has 4 heteroatoms. The summed E-state index contributed by atoms with van der Waals surface area (Å²) in [5.74, 6) is -2.43. The van der Waals surface area contributed by atoms with Crippen LogP contribution in [0.1, 0.15) is 17.9 Å². The van der Waals surface area contributed by atoms with Crippen molar-refractivity contribution >= 4 is 5.97 Å². The van der Waals surface area contributed by atoms with Crippen molar-refractivity contribution in [2.24, 2.45) is 5.92 Å². The molecule has 0 spiro atoms. The summed E-state index contributed by atoms with van der Waals surface area (Å²) in [6.07, 6.45) is 0.555. The quantitative estimate of drug-likeness (QED) is 0.757. The lowest BCUT2D eigenvalue weighted by Crippen LogP contribution is -1.99. The van der Waals surface area contributed by atoms with Crippen LogP contribution in [0, 0.1) is 11.7 Å². The molecule has 0 heterocycles. The lowest BCUT2D eigenvalue weighted by molar-refractivity contribution is -0.138. The zero-order valence-electron chi connectivity index (χ0n) is 7.27. The van der Waals surface area contributed by atoms with Crippen molar-refractivity contribution in [1.29, 1.82) is 0 Å². The maximum absolute atomic E-state index is 12.9. The van der Waals surface area contributed by atoms with E-state index in [4.69, 9.17) is 10.2 Å². The molecule has 1 aliphatic rings. The molecule has 1 aromatic carbocycles. The standard InChI is InChI=1S/C10H9FO3/c11-8-3-5(1-2-9(8)12)6-4-7(6)10(13)14/h1-3,6-7,12H,4H2,(H,13,14). The number of carbonyl (C=O) groups is 1. The van der Waals surface area contributed by atoms with Gasteiger partial charge in [0.05, 0.1) is 5.92 Å². The highest BCUT2D eigenvalue weighted by molar-refractivity contribution is 5.75. The molecule has 0 amide bonds. The summed E-state index contributed by atoms with van der Waals surface area (Å²) in [5, 5.41) is 17.6. The summed E-state index contributed by atoms with van der Waals surface area (Å²) in [7, 11) is 0. The highest BCUT2D eigenvalue weighted by atomic mass is 19.1. The molecule has 0 saturated heterocycles. The van der Waals surface area contributed by atoms with Crippen LogP contribution >= 0.6 is 0 Å². The molecule has 0 aliphatic heterocycles. The van der Waals surface area contributed by atoms with Gasteiger partial charge in [0.15, 0.2) is 11.6 Å². The molecule has 74 valence electrons. The van der Waals surface area contributed by atoms with E-state index in [2.05, 4.69) is 0 Å². The van der Waals surface area contributed by atoms with E-state index >= 15 is 0 Å². The number of aliphatic carboxylic acids is 1. The second kappa shape index (κ2) is 2.97. The van der Waals surface area contributed by atoms with Gasteiger partial charge in [-0.15, -0.1) is 0 Å². The van der Waals surface area contributed by atoms with E-state index in [0.717, 1.165) is 0 Å². The van der Waals surface area contributed by atoms with Gasteiger partial charge in [-0.25, -0.2) is 4.39 Å². The molecule has 14 heavy (non-hydrogen) atoms. The Labute approximate surface area is 79.8 Å². The van der Waals surface area contributed by atoms with Crippen LogP contribution in [0.25, 0.3) is 0 Å². The maximum atomic E-state index is 12.9. The zero-order chi connectivity index (χ0) is 10.3. The number of carboxylic acids is 1. The number of phenolic OH excluding ortho intramolecular Hbond substituents is 1. The molecule has 2 atom stereocenters. The molecule has 2 unspecified atom stereocenters. The van der Waals surface area contributed by atoms with Gasteiger partial charge >= 0.3 is 5.97 Å². The van der Waals surface area contributed by atoms with Gasteiger partial charge in [0, 0.05) is 0 Å². The smallest absolute Gasteiger partial charge is 0.307 e. The van der Waals surface area contributed by atoms with Crippen LogP contribution in [-0.4, -0.2) is 16.2 Å². The van der Waals surface area contributed by atoms with Crippen LogP contribution < -0.4 is 0 Å². The Hall–Kier alpha value is -1.58. The minimum absolute atomic E-state index is 0.0948. The van der Waals surface area contributed by atoms with E-state index in [0.29, 0.717) is 12.0 Å². The van der Waals surface area contributed by atoms with Crippen LogP contribution in [0.5, 0.6) is 5.75 Å². The fourth-order valence-corrected chi connectivity index (χ4v) is 1.59. The fraction of sp³-hybridized carbons (Fsp3) is 0.300. The summed E-state index contributed by atoms with van der Waals surface area (Å²) in [5.41, 5.74) is 0.646. The minimum Gasteiger partial charge on any atom is -0.505 e. The first-order valence-corrected chi connectivity index (χ1v) is 4.31. The number of benzene rings is 1. The lowest BCUT2D eigenvalue weighted by atomic mass is 10.1. The van der Waals surface area contributed by atoms with Crippen molar-refractivity contribution in [3.63, 3.8) is 0 Å². The van der Waals surface area contributed by atoms with Crippen molar-refractivity contribution in [2.75, 3.05) is 0 Å². The van der Waals surface area contributed by atoms with Crippen molar-refractivity contribution in [1.82, 2.24) is 0 Å². The predicted octanol–water partition coefficient (Wildman–Crippen LogP) is 1.72. The van der Waals surface area contributed by atoms with Crippen molar-refractivity contribution in [2.45, 2.75) is 12.3 Å². The van der Waals surface area contributed by atoms with Crippen molar-refractivity contribution in [3.8, 4) is 5.75 Å². The average molecular weight is 196 g/mol. The maximum Gasteiger partial charge on any atom is 0.307 e. The van der Waals surface area contributed by atoms with Crippen LogP contribution in [0.3, 0.4) is 0 Å². The molecule has 1 saturated carbocycles. The van der Waals surface area contributed by atoms with Crippen molar-refractivity contribution in [3.05, 3.63) is 29.6 Å². The van der Waals surface area contributed by atoms with Gasteiger partial charge in [-0.05, 0) is 30.0 Å². The first kappa shape index (κ1) is 8.99. The number of carboxylic acid groups (broad SMARTS) is 1. The molecule has 3 nitrogen and oxygen atoms in total. The number of phenols is 1. The van der Waals surface area contributed by atoms with Gasteiger partial charge in [-0.1, -0.05) is 6.07 Å². The molecular formula is C10H9FO3. The van der Waals surface area contributed by atoms with Crippen LogP contribution in [0.2, 0.25) is 0 Å². The third-order valence-electron chi connectivity index (χ3n) is 2.51. The number of halogens is 1. The Morgan fingerprint density at radius 2 is 2.21 bits per heavy atom. The summed E-state index contributed by atoms with van der Waals surface area (Å²) in [6.45, 7) is 0. The molecule has 0 bridgehead atoms. The molecule has 2 N–H and O–H groups in total. The van der Waals surface area contributed by atoms with Gasteiger partial charge in [0.2, 0.25) is 0 Å². The summed E-state index contributed by atoms with van der Waals surface area (Å²) < 4.78 is 12.9. The third kappa shape index (κ3) is 1.43. The average Bonchev–Trinajstić information content (AvgIpc) is 2.89. The van der Waals surface area contributed by atoms with E-state index < -0.39 is 17.5 Å². The van der Waals surface area contributed by atoms with E-state index in [9.17, 15) is 9.18 Å². The van der Waals surface area contributed by atoms with E-state index in [1.807, 2.05) is 0 Å². The third-order valence-corrected chi connectivity index (χ3v) is 2.51. The number of hydrogen-bond donors (Lipinski definition) is 2. The Morgan fingerprint density at radius 3 is 2.71 bits per heavy atom. The monoisotopic (exact) mass is 196 g/mol. The Balaban J connectivity index is 2.20. The SMILES string of the molecule is O=C(O)C1CC1c1ccc(O)c(F)c1. The number of aromatic hydroxyl groups is 1. The zero-order valence-corrected chi connectivity index (χ0v) is 7.27. The molecule has 1 fully saturated rings. The minimum atomic E-state index is -0.844. The van der Waals surface area contributed by atoms with Gasteiger partial charge in [-0.3, -0.25) is 4.79 Å². The predicted molar refractivity (Wildman–Crippen MR) is 46.5 cm³/mol. The molecule has 2 rings (SSSR count). The summed E-state index contributed by atoms with van der Waals surface area (Å²) in [4.78, 5) is 10.6. The number of rotatable bonds is 2. The van der Waals surface area contributed by atoms with E-state index in [1.165, 1.54) is 12.1 Å². The lowest BCUT2D eigenvalue weighted by Gasteiger charge is -2.00. The first-order valence-electron chi connectivity index (χ1n) is 4.31. The second-order valence-corrected chi connectivity index (χ2v) is 3.50. The molecule has 0 aromatic heterocycles. The molecule has 1 aromatic rings. The summed E-state index contributed by atoms with van der Waals surface area (Å²) in [6, 6.07) is 4.01. The first-order chi connectivity index (χ1) is 6.59. The van der Waals surface area contributed by atoms with Gasteiger partial charge in [0.1, 0.15) is 0 Å². The van der Waals surface area contributed by atoms with Gasteiger partial charge in [-0.2, -0.15) is 0 Å². The van der Waals surface area contributed by atoms with Gasteiger partial charge < -0.3 is 10.2 Å². The largest absolute Gasteiger partial charge is 0.505 e. The topological polar surface area (TPSA) is 57.5 Å². The van der Waals surface area contributed by atoms with Gasteiger partial charge in [0.25, 0.3) is 0 Å². The van der Waals surface area contributed by atoms with Crippen LogP contribution in [0.15, 0.2) is 18.2 Å².